The maximum Gasteiger partial charge on any atom is 0.349 e. The van der Waals surface area contributed by atoms with E-state index in [2.05, 4.69) is 10.3 Å². The van der Waals surface area contributed by atoms with Crippen LogP contribution in [0.1, 0.15) is 48.9 Å². The highest BCUT2D eigenvalue weighted by Gasteiger charge is 2.50. The number of aromatic nitrogens is 1. The molecule has 4 rings (SSSR count). The van der Waals surface area contributed by atoms with Crippen LogP contribution in [0.3, 0.4) is 0 Å². The van der Waals surface area contributed by atoms with Crippen molar-refractivity contribution in [3.63, 3.8) is 0 Å². The number of nitrogens with zero attached hydrogens (tertiary/aromatic N) is 2. The van der Waals surface area contributed by atoms with E-state index < -0.39 is 35.8 Å². The lowest BCUT2D eigenvalue weighted by molar-refractivity contribution is -0.306. The van der Waals surface area contributed by atoms with E-state index in [1.807, 2.05) is 0 Å². The molecule has 3 aromatic rings. The highest BCUT2D eigenvalue weighted by atomic mass is 16.7. The predicted molar refractivity (Wildman–Crippen MR) is 134 cm³/mol. The number of aromatic hydroxyl groups is 1. The molecular weight excluding hydrogens is 500 g/mol. The van der Waals surface area contributed by atoms with Crippen LogP contribution in [0.25, 0.3) is 11.0 Å². The Kier molecular flexibility index (Phi) is 7.53. The average Bonchev–Trinajstić information content (AvgIpc) is 3.16. The first-order valence-corrected chi connectivity index (χ1v) is 12.0. The van der Waals surface area contributed by atoms with E-state index in [1.165, 1.54) is 20.1 Å². The van der Waals surface area contributed by atoms with E-state index in [9.17, 15) is 20.1 Å². The molecule has 0 saturated carbocycles. The maximum atomic E-state index is 12.9. The van der Waals surface area contributed by atoms with E-state index in [0.717, 1.165) is 5.56 Å². The summed E-state index contributed by atoms with van der Waals surface area (Å²) in [5.41, 5.74) is 0.0373. The summed E-state index contributed by atoms with van der Waals surface area (Å²) < 4.78 is 27.7. The summed E-state index contributed by atoms with van der Waals surface area (Å²) in [5, 5.41) is 40.1. The number of methoxy groups -OCH3 is 1. The number of hydrogen-bond donors (Lipinski definition) is 3. The van der Waals surface area contributed by atoms with Crippen LogP contribution in [0, 0.1) is 20.8 Å². The van der Waals surface area contributed by atoms with E-state index >= 15 is 0 Å². The van der Waals surface area contributed by atoms with Gasteiger partial charge in [-0.2, -0.15) is 0 Å². The first-order valence-electron chi connectivity index (χ1n) is 12.0. The summed E-state index contributed by atoms with van der Waals surface area (Å²) in [6.45, 7) is 10.2. The van der Waals surface area contributed by atoms with Gasteiger partial charge in [-0.05, 0) is 53.7 Å². The number of rotatable bonds is 7. The first kappa shape index (κ1) is 27.6. The molecule has 12 nitrogen and oxygen atoms in total. The molecule has 3 N–H and O–H groups in total. The van der Waals surface area contributed by atoms with Gasteiger partial charge in [0.05, 0.1) is 28.0 Å². The van der Waals surface area contributed by atoms with Crippen molar-refractivity contribution in [2.75, 3.05) is 7.11 Å². The number of benzene rings is 1. The molecule has 0 unspecified atom stereocenters. The molecule has 1 saturated heterocycles. The maximum absolute atomic E-state index is 12.9. The Hall–Kier alpha value is -3.45. The zero-order valence-electron chi connectivity index (χ0n) is 22.3. The molecular formula is C26H32N2O10. The number of aliphatic hydroxyl groups excluding tert-OH is 2. The number of aryl methyl sites for hydroxylation is 3. The molecule has 4 atom stereocenters. The van der Waals surface area contributed by atoms with Gasteiger partial charge in [-0.3, -0.25) is 0 Å². The normalized spacial score (nSPS) is 23.6. The molecule has 206 valence electrons. The molecule has 0 bridgehead atoms. The monoisotopic (exact) mass is 532 g/mol. The van der Waals surface area contributed by atoms with Crippen LogP contribution >= 0.6 is 0 Å². The predicted octanol–water partition coefficient (Wildman–Crippen LogP) is 2.60. The third kappa shape index (κ3) is 4.87. The quantitative estimate of drug-likeness (QED) is 0.232. The second kappa shape index (κ2) is 10.4. The molecule has 38 heavy (non-hydrogen) atoms. The standard InChI is InChI=1S/C26H32N2O10/c1-11-17(35-25-21(31)20(30)23(33-7)26(5,6)37-25)9-8-15-19(29)18(24(32)36-22(11)15)13(3)27-34-10-16-12(2)28-38-14(16)4/h8-9,20-21,23,25,29-31H,10H2,1-7H3/t20-,21+,23+,25+/m0/s1. The molecule has 2 aromatic heterocycles. The SMILES string of the molecule is CO[C@@H]1[C@@H](O)[C@@H](O)[C@H](Oc2ccc3c(O)c(C(C)=NOCc4c(C)noc4C)c(=O)oc3c2C)OC1(C)C. The van der Waals surface area contributed by atoms with Gasteiger partial charge in [-0.15, -0.1) is 0 Å². The van der Waals surface area contributed by atoms with Crippen molar-refractivity contribution in [1.29, 1.82) is 0 Å². The number of hydrogen-bond acceptors (Lipinski definition) is 12. The summed E-state index contributed by atoms with van der Waals surface area (Å²) in [6, 6.07) is 3.05. The van der Waals surface area contributed by atoms with Gasteiger partial charge >= 0.3 is 5.63 Å². The van der Waals surface area contributed by atoms with E-state index in [4.69, 9.17) is 28.0 Å². The lowest BCUT2D eigenvalue weighted by atomic mass is 9.89. The molecule has 1 aromatic carbocycles. The lowest BCUT2D eigenvalue weighted by Gasteiger charge is -2.46. The van der Waals surface area contributed by atoms with Gasteiger partial charge in [0.25, 0.3) is 0 Å². The van der Waals surface area contributed by atoms with Crippen molar-refractivity contribution >= 4 is 16.7 Å². The van der Waals surface area contributed by atoms with Gasteiger partial charge < -0.3 is 43.3 Å². The Morgan fingerprint density at radius 1 is 1.18 bits per heavy atom. The van der Waals surface area contributed by atoms with Gasteiger partial charge in [-0.25, -0.2) is 4.79 Å². The summed E-state index contributed by atoms with van der Waals surface area (Å²) in [7, 11) is 1.42. The fourth-order valence-electron chi connectivity index (χ4n) is 4.59. The van der Waals surface area contributed by atoms with Crippen LogP contribution in [-0.4, -0.2) is 63.5 Å². The molecule has 0 aliphatic carbocycles. The second-order valence-electron chi connectivity index (χ2n) is 9.78. The Bertz CT molecular complexity index is 1400. The zero-order valence-corrected chi connectivity index (χ0v) is 22.3. The topological polar surface area (TPSA) is 166 Å². The fraction of sp³-hybridized carbons (Fsp3) is 0.500. The van der Waals surface area contributed by atoms with Crippen molar-refractivity contribution in [3.8, 4) is 11.5 Å². The van der Waals surface area contributed by atoms with Crippen LogP contribution in [-0.2, 0) is 20.9 Å². The van der Waals surface area contributed by atoms with Crippen molar-refractivity contribution < 1.29 is 43.3 Å². The summed E-state index contributed by atoms with van der Waals surface area (Å²) in [6.07, 6.45) is -4.68. The first-order chi connectivity index (χ1) is 17.9. The smallest absolute Gasteiger partial charge is 0.349 e. The highest BCUT2D eigenvalue weighted by molar-refractivity contribution is 6.04. The van der Waals surface area contributed by atoms with Crippen molar-refractivity contribution in [1.82, 2.24) is 5.16 Å². The Morgan fingerprint density at radius 2 is 1.89 bits per heavy atom. The van der Waals surface area contributed by atoms with Crippen LogP contribution < -0.4 is 10.4 Å². The Labute approximate surface area is 218 Å². The number of fused-ring (bicyclic) bond motifs is 1. The molecule has 0 radical (unpaired) electrons. The van der Waals surface area contributed by atoms with Crippen molar-refractivity contribution in [2.24, 2.45) is 5.16 Å². The van der Waals surface area contributed by atoms with Gasteiger partial charge in [0.1, 0.15) is 53.3 Å². The molecule has 1 fully saturated rings. The van der Waals surface area contributed by atoms with Gasteiger partial charge in [-0.1, -0.05) is 10.3 Å². The molecule has 1 aliphatic heterocycles. The fourth-order valence-corrected chi connectivity index (χ4v) is 4.59. The zero-order chi connectivity index (χ0) is 27.9. The largest absolute Gasteiger partial charge is 0.506 e. The van der Waals surface area contributed by atoms with E-state index in [0.29, 0.717) is 17.0 Å². The van der Waals surface area contributed by atoms with E-state index in [1.54, 1.807) is 40.7 Å². The Morgan fingerprint density at radius 3 is 2.53 bits per heavy atom. The van der Waals surface area contributed by atoms with Gasteiger partial charge in [0.2, 0.25) is 6.29 Å². The molecule has 0 amide bonds. The number of ether oxygens (including phenoxy) is 3. The minimum absolute atomic E-state index is 0.0731. The second-order valence-corrected chi connectivity index (χ2v) is 9.78. The van der Waals surface area contributed by atoms with Crippen molar-refractivity contribution in [2.45, 2.75) is 78.4 Å². The van der Waals surface area contributed by atoms with Gasteiger partial charge in [0.15, 0.2) is 0 Å². The lowest BCUT2D eigenvalue weighted by Crippen LogP contribution is -2.63. The van der Waals surface area contributed by atoms with Crippen LogP contribution in [0.15, 0.2) is 31.0 Å². The highest BCUT2D eigenvalue weighted by Crippen LogP contribution is 2.37. The molecule has 1 aliphatic rings. The third-order valence-electron chi connectivity index (χ3n) is 6.74. The number of aliphatic hydroxyl groups is 2. The van der Waals surface area contributed by atoms with E-state index in [-0.39, 0.29) is 40.4 Å². The molecule has 12 heteroatoms. The molecule has 0 spiro atoms. The summed E-state index contributed by atoms with van der Waals surface area (Å²) >= 11 is 0. The van der Waals surface area contributed by atoms with Crippen molar-refractivity contribution in [3.05, 3.63) is 50.7 Å². The summed E-state index contributed by atoms with van der Waals surface area (Å²) in [4.78, 5) is 18.2. The molecule has 3 heterocycles. The van der Waals surface area contributed by atoms with Gasteiger partial charge in [0, 0.05) is 12.7 Å². The Balaban J connectivity index is 1.61. The minimum Gasteiger partial charge on any atom is -0.506 e. The van der Waals surface area contributed by atoms with Crippen LogP contribution in [0.5, 0.6) is 11.5 Å². The third-order valence-corrected chi connectivity index (χ3v) is 6.74. The number of oxime groups is 1. The summed E-state index contributed by atoms with van der Waals surface area (Å²) in [5.74, 6) is 0.491. The van der Waals surface area contributed by atoms with Crippen LogP contribution in [0.2, 0.25) is 0 Å². The minimum atomic E-state index is -1.41. The van der Waals surface area contributed by atoms with Crippen LogP contribution in [0.4, 0.5) is 0 Å². The average molecular weight is 533 g/mol.